The Labute approximate surface area is 183 Å². The maximum absolute atomic E-state index is 13.0. The van der Waals surface area contributed by atoms with Gasteiger partial charge in [0.15, 0.2) is 5.58 Å². The van der Waals surface area contributed by atoms with E-state index in [-0.39, 0.29) is 16.2 Å². The SMILES string of the molecule is CCN(CC)S(=O)(=O)c1ccc(C)c(C(=O)Nc2ccc3oc(C(C)(C)C)nc3c2)c1. The lowest BCUT2D eigenvalue weighted by Crippen LogP contribution is -2.30. The molecule has 0 radical (unpaired) electrons. The minimum absolute atomic E-state index is 0.105. The molecule has 0 aliphatic rings. The van der Waals surface area contributed by atoms with Crippen molar-refractivity contribution in [2.75, 3.05) is 18.4 Å². The first-order valence-electron chi connectivity index (χ1n) is 10.3. The number of carbonyl (C=O) groups excluding carboxylic acids is 1. The van der Waals surface area contributed by atoms with Gasteiger partial charge in [-0.15, -0.1) is 0 Å². The van der Waals surface area contributed by atoms with Crippen molar-refractivity contribution < 1.29 is 17.6 Å². The van der Waals surface area contributed by atoms with Gasteiger partial charge in [-0.25, -0.2) is 13.4 Å². The summed E-state index contributed by atoms with van der Waals surface area (Å²) >= 11 is 0. The zero-order valence-corrected chi connectivity index (χ0v) is 19.6. The largest absolute Gasteiger partial charge is 0.440 e. The van der Waals surface area contributed by atoms with Gasteiger partial charge >= 0.3 is 0 Å². The summed E-state index contributed by atoms with van der Waals surface area (Å²) in [4.78, 5) is 17.6. The summed E-state index contributed by atoms with van der Waals surface area (Å²) in [6, 6.07) is 9.88. The van der Waals surface area contributed by atoms with Gasteiger partial charge in [-0.2, -0.15) is 4.31 Å². The Morgan fingerprint density at radius 2 is 1.77 bits per heavy atom. The van der Waals surface area contributed by atoms with Crippen LogP contribution in [0.4, 0.5) is 5.69 Å². The van der Waals surface area contributed by atoms with Crippen LogP contribution in [0.15, 0.2) is 45.7 Å². The van der Waals surface area contributed by atoms with E-state index < -0.39 is 10.0 Å². The molecule has 31 heavy (non-hydrogen) atoms. The molecule has 0 saturated heterocycles. The fourth-order valence-corrected chi connectivity index (χ4v) is 4.73. The smallest absolute Gasteiger partial charge is 0.255 e. The fourth-order valence-electron chi connectivity index (χ4n) is 3.24. The normalized spacial score (nSPS) is 12.5. The molecular formula is C23H29N3O4S. The summed E-state index contributed by atoms with van der Waals surface area (Å²) < 4.78 is 32.9. The van der Waals surface area contributed by atoms with Gasteiger partial charge in [0.2, 0.25) is 15.9 Å². The van der Waals surface area contributed by atoms with Crippen molar-refractivity contribution in [3.8, 4) is 0 Å². The van der Waals surface area contributed by atoms with Gasteiger partial charge < -0.3 is 9.73 Å². The number of oxazole rings is 1. The van der Waals surface area contributed by atoms with Crippen molar-refractivity contribution in [3.05, 3.63) is 53.4 Å². The molecular weight excluding hydrogens is 414 g/mol. The van der Waals surface area contributed by atoms with Gasteiger partial charge in [0.05, 0.1) is 4.90 Å². The predicted octanol–water partition coefficient (Wildman–Crippen LogP) is 4.72. The summed E-state index contributed by atoms with van der Waals surface area (Å²) in [5.74, 6) is 0.240. The van der Waals surface area contributed by atoms with Crippen LogP contribution in [0.1, 0.15) is 56.4 Å². The first-order chi connectivity index (χ1) is 14.5. The molecule has 2 aromatic carbocycles. The topological polar surface area (TPSA) is 92.5 Å². The average Bonchev–Trinajstić information content (AvgIpc) is 3.12. The summed E-state index contributed by atoms with van der Waals surface area (Å²) in [5, 5.41) is 2.85. The Balaban J connectivity index is 1.91. The minimum Gasteiger partial charge on any atom is -0.440 e. The van der Waals surface area contributed by atoms with Crippen molar-refractivity contribution in [1.29, 1.82) is 0 Å². The Morgan fingerprint density at radius 1 is 1.10 bits per heavy atom. The van der Waals surface area contributed by atoms with Gasteiger partial charge in [-0.3, -0.25) is 4.79 Å². The third-order valence-corrected chi connectivity index (χ3v) is 7.13. The van der Waals surface area contributed by atoms with Crippen LogP contribution in [-0.4, -0.2) is 36.7 Å². The van der Waals surface area contributed by atoms with Gasteiger partial charge in [-0.1, -0.05) is 40.7 Å². The fraction of sp³-hybridized carbons (Fsp3) is 0.391. The van der Waals surface area contributed by atoms with Crippen molar-refractivity contribution in [2.24, 2.45) is 0 Å². The molecule has 8 heteroatoms. The number of hydrogen-bond donors (Lipinski definition) is 1. The van der Waals surface area contributed by atoms with Crippen LogP contribution in [0.5, 0.6) is 0 Å². The molecule has 0 aliphatic heterocycles. The Bertz CT molecular complexity index is 1220. The number of nitrogens with one attached hydrogen (secondary N) is 1. The molecule has 1 N–H and O–H groups in total. The number of amides is 1. The van der Waals surface area contributed by atoms with Crippen molar-refractivity contribution in [2.45, 2.75) is 51.9 Å². The molecule has 0 atom stereocenters. The van der Waals surface area contributed by atoms with E-state index in [0.717, 1.165) is 0 Å². The highest BCUT2D eigenvalue weighted by Gasteiger charge is 2.24. The van der Waals surface area contributed by atoms with E-state index in [1.165, 1.54) is 16.4 Å². The molecule has 0 spiro atoms. The molecule has 0 bridgehead atoms. The number of anilines is 1. The third-order valence-electron chi connectivity index (χ3n) is 5.08. The van der Waals surface area contributed by atoms with Crippen molar-refractivity contribution in [1.82, 2.24) is 9.29 Å². The van der Waals surface area contributed by atoms with E-state index in [4.69, 9.17) is 4.42 Å². The van der Waals surface area contributed by atoms with Gasteiger partial charge in [0.1, 0.15) is 5.52 Å². The van der Waals surface area contributed by atoms with Crippen LogP contribution in [0.2, 0.25) is 0 Å². The minimum atomic E-state index is -3.66. The van der Waals surface area contributed by atoms with Crippen molar-refractivity contribution in [3.63, 3.8) is 0 Å². The number of aromatic nitrogens is 1. The zero-order valence-electron chi connectivity index (χ0n) is 18.8. The molecule has 166 valence electrons. The first kappa shape index (κ1) is 23.0. The van der Waals surface area contributed by atoms with Crippen LogP contribution in [0, 0.1) is 6.92 Å². The number of aryl methyl sites for hydroxylation is 1. The quantitative estimate of drug-likeness (QED) is 0.595. The zero-order chi connectivity index (χ0) is 23.0. The molecule has 1 amide bonds. The van der Waals surface area contributed by atoms with E-state index in [9.17, 15) is 13.2 Å². The second-order valence-corrected chi connectivity index (χ2v) is 10.4. The highest BCUT2D eigenvalue weighted by Crippen LogP contribution is 2.28. The van der Waals surface area contributed by atoms with Crippen LogP contribution in [0.3, 0.4) is 0 Å². The van der Waals surface area contributed by atoms with Crippen LogP contribution in [-0.2, 0) is 15.4 Å². The molecule has 0 aliphatic carbocycles. The lowest BCUT2D eigenvalue weighted by Gasteiger charge is -2.19. The van der Waals surface area contributed by atoms with E-state index in [1.54, 1.807) is 45.0 Å². The maximum atomic E-state index is 13.0. The third kappa shape index (κ3) is 4.65. The summed E-state index contributed by atoms with van der Waals surface area (Å²) in [7, 11) is -3.66. The lowest BCUT2D eigenvalue weighted by atomic mass is 9.97. The highest BCUT2D eigenvalue weighted by molar-refractivity contribution is 7.89. The predicted molar refractivity (Wildman–Crippen MR) is 122 cm³/mol. The Morgan fingerprint density at radius 3 is 2.39 bits per heavy atom. The first-order valence-corrected chi connectivity index (χ1v) is 11.7. The number of benzene rings is 2. The van der Waals surface area contributed by atoms with E-state index >= 15 is 0 Å². The lowest BCUT2D eigenvalue weighted by molar-refractivity contribution is 0.102. The standard InChI is InChI=1S/C23H29N3O4S/c1-7-26(8-2)31(28,29)17-11-9-15(3)18(14-17)21(27)24-16-10-12-20-19(13-16)25-22(30-20)23(4,5)6/h9-14H,7-8H2,1-6H3,(H,24,27). The number of nitrogens with zero attached hydrogens (tertiary/aromatic N) is 2. The van der Waals surface area contributed by atoms with Gasteiger partial charge in [-0.05, 0) is 42.8 Å². The van der Waals surface area contributed by atoms with Crippen LogP contribution < -0.4 is 5.32 Å². The summed E-state index contributed by atoms with van der Waals surface area (Å²) in [6.45, 7) is 12.1. The summed E-state index contributed by atoms with van der Waals surface area (Å²) in [6.07, 6.45) is 0. The number of carbonyl (C=O) groups is 1. The molecule has 1 heterocycles. The number of hydrogen-bond acceptors (Lipinski definition) is 5. The molecule has 3 rings (SSSR count). The second kappa shape index (κ2) is 8.43. The molecule has 0 unspecified atom stereocenters. The van der Waals surface area contributed by atoms with E-state index in [0.29, 0.717) is 46.9 Å². The Hall–Kier alpha value is -2.71. The Kier molecular flexibility index (Phi) is 6.25. The maximum Gasteiger partial charge on any atom is 0.255 e. The van der Waals surface area contributed by atoms with E-state index in [2.05, 4.69) is 10.3 Å². The van der Waals surface area contributed by atoms with E-state index in [1.807, 2.05) is 20.8 Å². The second-order valence-electron chi connectivity index (χ2n) is 8.47. The van der Waals surface area contributed by atoms with Gasteiger partial charge in [0, 0.05) is 29.8 Å². The van der Waals surface area contributed by atoms with Crippen molar-refractivity contribution >= 4 is 32.7 Å². The summed E-state index contributed by atoms with van der Waals surface area (Å²) in [5.41, 5.74) is 2.62. The highest BCUT2D eigenvalue weighted by atomic mass is 32.2. The average molecular weight is 444 g/mol. The number of rotatable bonds is 6. The van der Waals surface area contributed by atoms with Crippen LogP contribution >= 0.6 is 0 Å². The molecule has 0 fully saturated rings. The van der Waals surface area contributed by atoms with Gasteiger partial charge in [0.25, 0.3) is 5.91 Å². The number of fused-ring (bicyclic) bond motifs is 1. The van der Waals surface area contributed by atoms with Crippen LogP contribution in [0.25, 0.3) is 11.1 Å². The monoisotopic (exact) mass is 443 g/mol. The molecule has 3 aromatic rings. The number of sulfonamides is 1. The molecule has 0 saturated carbocycles. The molecule has 7 nitrogen and oxygen atoms in total. The molecule has 1 aromatic heterocycles.